The summed E-state index contributed by atoms with van der Waals surface area (Å²) in [5.41, 5.74) is 0.156. The van der Waals surface area contributed by atoms with Gasteiger partial charge in [0.15, 0.2) is 5.82 Å². The number of aromatic nitrogens is 4. The summed E-state index contributed by atoms with van der Waals surface area (Å²) in [5, 5.41) is 12.0. The summed E-state index contributed by atoms with van der Waals surface area (Å²) in [5.74, 6) is 0.928. The fraction of sp³-hybridized carbons (Fsp3) is 0.850. The summed E-state index contributed by atoms with van der Waals surface area (Å²) >= 11 is 0. The summed E-state index contributed by atoms with van der Waals surface area (Å²) in [6.07, 6.45) is 7.21. The summed E-state index contributed by atoms with van der Waals surface area (Å²) < 4.78 is 6.93. The highest BCUT2D eigenvalue weighted by Gasteiger charge is 2.43. The van der Waals surface area contributed by atoms with Crippen LogP contribution in [0.3, 0.4) is 0 Å². The quantitative estimate of drug-likeness (QED) is 0.685. The molecule has 3 aliphatic heterocycles. The van der Waals surface area contributed by atoms with Crippen molar-refractivity contribution in [3.8, 4) is 0 Å². The highest BCUT2D eigenvalue weighted by Crippen LogP contribution is 2.41. The minimum Gasteiger partial charge on any atom is -0.385 e. The second-order valence-corrected chi connectivity index (χ2v) is 8.80. The molecule has 1 aromatic rings. The summed E-state index contributed by atoms with van der Waals surface area (Å²) in [6.45, 7) is 4.58. The van der Waals surface area contributed by atoms with Crippen LogP contribution in [-0.4, -0.2) is 81.7 Å². The molecule has 0 saturated carbocycles. The Hall–Kier alpha value is -2.03. The molecule has 0 radical (unpaired) electrons. The van der Waals surface area contributed by atoms with E-state index in [1.165, 1.54) is 0 Å². The summed E-state index contributed by atoms with van der Waals surface area (Å²) in [7, 11) is 1.69. The second kappa shape index (κ2) is 8.77. The Morgan fingerprint density at radius 1 is 1.21 bits per heavy atom. The maximum atomic E-state index is 13.3. The molecule has 0 aliphatic carbocycles. The molecule has 1 unspecified atom stereocenters. The molecule has 0 bridgehead atoms. The highest BCUT2D eigenvalue weighted by atomic mass is 16.5. The predicted octanol–water partition coefficient (Wildman–Crippen LogP) is 1.21. The van der Waals surface area contributed by atoms with Gasteiger partial charge in [-0.2, -0.15) is 0 Å². The lowest BCUT2D eigenvalue weighted by molar-refractivity contribution is -0.143. The lowest BCUT2D eigenvalue weighted by atomic mass is 9.72. The number of likely N-dealkylation sites (tertiary alicyclic amines) is 2. The third-order valence-corrected chi connectivity index (χ3v) is 6.94. The van der Waals surface area contributed by atoms with E-state index in [0.717, 1.165) is 83.5 Å². The molecule has 1 spiro atoms. The molecule has 4 rings (SSSR count). The number of hydrogen-bond donors (Lipinski definition) is 0. The van der Waals surface area contributed by atoms with E-state index in [1.54, 1.807) is 11.8 Å². The Balaban J connectivity index is 1.37. The first kappa shape index (κ1) is 20.3. The smallest absolute Gasteiger partial charge is 0.233 e. The molecule has 1 atom stereocenters. The largest absolute Gasteiger partial charge is 0.385 e. The van der Waals surface area contributed by atoms with E-state index in [4.69, 9.17) is 4.74 Å². The first-order valence-corrected chi connectivity index (χ1v) is 10.9. The van der Waals surface area contributed by atoms with Crippen LogP contribution in [0.5, 0.6) is 0 Å². The number of piperidine rings is 2. The lowest BCUT2D eigenvalue weighted by Gasteiger charge is -2.47. The van der Waals surface area contributed by atoms with Crippen molar-refractivity contribution in [3.63, 3.8) is 0 Å². The molecule has 29 heavy (non-hydrogen) atoms. The van der Waals surface area contributed by atoms with Crippen LogP contribution in [0, 0.1) is 5.41 Å². The van der Waals surface area contributed by atoms with Crippen LogP contribution in [0.25, 0.3) is 0 Å². The van der Waals surface area contributed by atoms with Crippen molar-refractivity contribution in [3.05, 3.63) is 5.82 Å². The first-order chi connectivity index (χ1) is 14.1. The molecule has 2 saturated heterocycles. The standard InChI is InChI=1S/C20H32N6O3/c1-29-14-4-10-25-15-20(7-6-17(25)27)8-12-24(13-9-20)19(28)16-5-2-3-11-26-18(16)21-22-23-26/h16H,2-15H2,1H3. The van der Waals surface area contributed by atoms with Crippen molar-refractivity contribution in [1.82, 2.24) is 30.0 Å². The van der Waals surface area contributed by atoms with Gasteiger partial charge in [-0.1, -0.05) is 6.42 Å². The van der Waals surface area contributed by atoms with E-state index in [0.29, 0.717) is 13.0 Å². The number of carbonyl (C=O) groups excluding carboxylic acids is 2. The number of hydrogen-bond acceptors (Lipinski definition) is 6. The van der Waals surface area contributed by atoms with Gasteiger partial charge < -0.3 is 14.5 Å². The van der Waals surface area contributed by atoms with Crippen LogP contribution in [0.4, 0.5) is 0 Å². The van der Waals surface area contributed by atoms with Gasteiger partial charge in [-0.3, -0.25) is 9.59 Å². The molecule has 0 aromatic carbocycles. The predicted molar refractivity (Wildman–Crippen MR) is 105 cm³/mol. The molecular weight excluding hydrogens is 372 g/mol. The van der Waals surface area contributed by atoms with E-state index < -0.39 is 0 Å². The van der Waals surface area contributed by atoms with E-state index in [-0.39, 0.29) is 23.1 Å². The fourth-order valence-corrected chi connectivity index (χ4v) is 5.13. The van der Waals surface area contributed by atoms with E-state index in [1.807, 2.05) is 9.80 Å². The number of rotatable bonds is 5. The van der Waals surface area contributed by atoms with Crippen molar-refractivity contribution in [2.45, 2.75) is 63.8 Å². The van der Waals surface area contributed by atoms with Crippen molar-refractivity contribution in [2.75, 3.05) is 39.9 Å². The van der Waals surface area contributed by atoms with Gasteiger partial charge in [0.2, 0.25) is 11.8 Å². The number of fused-ring (bicyclic) bond motifs is 1. The third-order valence-electron chi connectivity index (χ3n) is 6.94. The maximum Gasteiger partial charge on any atom is 0.233 e. The monoisotopic (exact) mass is 404 g/mol. The molecular formula is C20H32N6O3. The molecule has 4 heterocycles. The van der Waals surface area contributed by atoms with Crippen molar-refractivity contribution in [1.29, 1.82) is 0 Å². The molecule has 9 heteroatoms. The molecule has 1 aromatic heterocycles. The van der Waals surface area contributed by atoms with Gasteiger partial charge in [0.05, 0.1) is 5.92 Å². The Kier molecular flexibility index (Phi) is 6.12. The van der Waals surface area contributed by atoms with Gasteiger partial charge in [-0.05, 0) is 54.4 Å². The van der Waals surface area contributed by atoms with Crippen molar-refractivity contribution < 1.29 is 14.3 Å². The van der Waals surface area contributed by atoms with Gasteiger partial charge in [0.1, 0.15) is 0 Å². The van der Waals surface area contributed by atoms with Gasteiger partial charge in [0, 0.05) is 52.9 Å². The van der Waals surface area contributed by atoms with Crippen LogP contribution < -0.4 is 0 Å². The van der Waals surface area contributed by atoms with Gasteiger partial charge >= 0.3 is 0 Å². The highest BCUT2D eigenvalue weighted by molar-refractivity contribution is 5.83. The SMILES string of the molecule is COCCCN1CC2(CCC1=O)CCN(C(=O)C1CCCCn3nnnc31)CC2. The molecule has 160 valence electrons. The number of amides is 2. The average molecular weight is 405 g/mol. The van der Waals surface area contributed by atoms with Crippen LogP contribution in [0.15, 0.2) is 0 Å². The molecule has 9 nitrogen and oxygen atoms in total. The van der Waals surface area contributed by atoms with E-state index in [2.05, 4.69) is 15.5 Å². The fourth-order valence-electron chi connectivity index (χ4n) is 5.13. The normalized spacial score (nSPS) is 24.4. The summed E-state index contributed by atoms with van der Waals surface area (Å²) in [4.78, 5) is 29.6. The second-order valence-electron chi connectivity index (χ2n) is 8.80. The van der Waals surface area contributed by atoms with Crippen LogP contribution in [0.2, 0.25) is 0 Å². The lowest BCUT2D eigenvalue weighted by Crippen LogP contribution is -2.53. The Labute approximate surface area is 171 Å². The Bertz CT molecular complexity index is 728. The van der Waals surface area contributed by atoms with Gasteiger partial charge in [-0.25, -0.2) is 4.68 Å². The number of methoxy groups -OCH3 is 1. The Morgan fingerprint density at radius 2 is 2.03 bits per heavy atom. The van der Waals surface area contributed by atoms with Gasteiger partial charge in [0.25, 0.3) is 0 Å². The number of carbonyl (C=O) groups is 2. The summed E-state index contributed by atoms with van der Waals surface area (Å²) in [6, 6.07) is 0. The first-order valence-electron chi connectivity index (χ1n) is 10.9. The minimum atomic E-state index is -0.222. The third kappa shape index (κ3) is 4.29. The molecule has 2 fully saturated rings. The van der Waals surface area contributed by atoms with Crippen molar-refractivity contribution in [2.24, 2.45) is 5.41 Å². The van der Waals surface area contributed by atoms with Crippen molar-refractivity contribution >= 4 is 11.8 Å². The van der Waals surface area contributed by atoms with E-state index >= 15 is 0 Å². The Morgan fingerprint density at radius 3 is 2.83 bits per heavy atom. The number of ether oxygens (including phenoxy) is 1. The van der Waals surface area contributed by atoms with Crippen LogP contribution in [0.1, 0.15) is 63.1 Å². The number of tetrazole rings is 1. The van der Waals surface area contributed by atoms with E-state index in [9.17, 15) is 9.59 Å². The molecule has 0 N–H and O–H groups in total. The number of nitrogens with zero attached hydrogens (tertiary/aromatic N) is 6. The molecule has 3 aliphatic rings. The zero-order valence-electron chi connectivity index (χ0n) is 17.4. The van der Waals surface area contributed by atoms with Crippen LogP contribution >= 0.6 is 0 Å². The van der Waals surface area contributed by atoms with Gasteiger partial charge in [-0.15, -0.1) is 5.10 Å². The maximum absolute atomic E-state index is 13.3. The average Bonchev–Trinajstić information content (AvgIpc) is 3.10. The minimum absolute atomic E-state index is 0.156. The molecule has 2 amide bonds. The zero-order chi connectivity index (χ0) is 20.3. The topological polar surface area (TPSA) is 93.5 Å². The van der Waals surface area contributed by atoms with Crippen LogP contribution in [-0.2, 0) is 20.9 Å². The number of aryl methyl sites for hydroxylation is 1. The zero-order valence-corrected chi connectivity index (χ0v) is 17.4.